The molecule has 0 spiro atoms. The van der Waals surface area contributed by atoms with Gasteiger partial charge in [0.05, 0.1) is 6.61 Å². The second-order valence-electron chi connectivity index (χ2n) is 2.77. The molecule has 0 fully saturated rings. The molecule has 1 aliphatic heterocycles. The van der Waals surface area contributed by atoms with Gasteiger partial charge in [0, 0.05) is 17.2 Å². The van der Waals surface area contributed by atoms with Gasteiger partial charge in [-0.1, -0.05) is 0 Å². The van der Waals surface area contributed by atoms with Gasteiger partial charge in [-0.05, 0) is 15.9 Å². The second-order valence-corrected chi connectivity index (χ2v) is 6.00. The van der Waals surface area contributed by atoms with E-state index in [1.807, 2.05) is 0 Å². The Kier molecular flexibility index (Phi) is 2.59. The highest BCUT2D eigenvalue weighted by Gasteiger charge is 2.26. The monoisotopic (exact) mass is 300 g/mol. The van der Waals surface area contributed by atoms with Crippen LogP contribution in [-0.4, -0.2) is 24.6 Å². The van der Waals surface area contributed by atoms with Gasteiger partial charge in [0.25, 0.3) is 9.05 Å². The number of halogens is 2. The van der Waals surface area contributed by atoms with E-state index in [-0.39, 0.29) is 9.63 Å². The smallest absolute Gasteiger partial charge is 0.279 e. The van der Waals surface area contributed by atoms with Gasteiger partial charge in [-0.15, -0.1) is 0 Å². The molecule has 1 aliphatic rings. The lowest BCUT2D eigenvalue weighted by Crippen LogP contribution is -2.19. The van der Waals surface area contributed by atoms with Gasteiger partial charge in [-0.3, -0.25) is 0 Å². The van der Waals surface area contributed by atoms with E-state index in [0.29, 0.717) is 25.6 Å². The maximum absolute atomic E-state index is 11.2. The quantitative estimate of drug-likeness (QED) is 0.729. The molecule has 5 nitrogen and oxygen atoms in total. The van der Waals surface area contributed by atoms with Gasteiger partial charge in [-0.25, -0.2) is 13.4 Å². The van der Waals surface area contributed by atoms with Gasteiger partial charge >= 0.3 is 0 Å². The summed E-state index contributed by atoms with van der Waals surface area (Å²) in [5, 5.41) is 0.0115. The van der Waals surface area contributed by atoms with Crippen LogP contribution < -0.4 is 0 Å². The highest BCUT2D eigenvalue weighted by molar-refractivity contribution is 9.10. The average molecular weight is 302 g/mol. The molecule has 1 aromatic rings. The second kappa shape index (κ2) is 3.48. The van der Waals surface area contributed by atoms with Crippen molar-refractivity contribution in [3.63, 3.8) is 0 Å². The summed E-state index contributed by atoms with van der Waals surface area (Å²) < 4.78 is 29.4. The zero-order chi connectivity index (χ0) is 10.3. The predicted octanol–water partition coefficient (Wildman–Crippen LogP) is 1.10. The van der Waals surface area contributed by atoms with Crippen LogP contribution in [-0.2, 0) is 26.9 Å². The summed E-state index contributed by atoms with van der Waals surface area (Å²) in [5.41, 5.74) is 0. The average Bonchev–Trinajstić information content (AvgIpc) is 2.38. The Bertz CT molecular complexity index is 470. The molecule has 2 rings (SSSR count). The zero-order valence-corrected chi connectivity index (χ0v) is 10.1. The molecule has 0 saturated carbocycles. The molecule has 0 radical (unpaired) electrons. The number of aromatic nitrogens is 2. The van der Waals surface area contributed by atoms with Crippen LogP contribution in [0.15, 0.2) is 9.63 Å². The van der Waals surface area contributed by atoms with Crippen molar-refractivity contribution in [2.75, 3.05) is 6.61 Å². The Labute approximate surface area is 93.6 Å². The lowest BCUT2D eigenvalue weighted by molar-refractivity contribution is 0.0787. The first kappa shape index (κ1) is 10.4. The summed E-state index contributed by atoms with van der Waals surface area (Å²) in [6, 6.07) is 0. The van der Waals surface area contributed by atoms with Crippen LogP contribution in [0.5, 0.6) is 0 Å². The van der Waals surface area contributed by atoms with Crippen LogP contribution in [0.2, 0.25) is 0 Å². The van der Waals surface area contributed by atoms with E-state index in [9.17, 15) is 8.42 Å². The maximum Gasteiger partial charge on any atom is 0.279 e. The van der Waals surface area contributed by atoms with Crippen molar-refractivity contribution in [2.24, 2.45) is 0 Å². The molecule has 0 unspecified atom stereocenters. The first-order valence-corrected chi connectivity index (χ1v) is 6.87. The standard InChI is InChI=1S/C6H6BrClN2O3S/c7-5-6(14(8,11)12)10-1-2-13-3-4(10)9-5/h1-3H2. The van der Waals surface area contributed by atoms with Crippen LogP contribution in [0.4, 0.5) is 0 Å². The molecule has 0 saturated heterocycles. The fourth-order valence-corrected chi connectivity index (χ4v) is 3.86. The fourth-order valence-electron chi connectivity index (χ4n) is 1.34. The van der Waals surface area contributed by atoms with Crippen molar-refractivity contribution in [1.29, 1.82) is 0 Å². The van der Waals surface area contributed by atoms with E-state index in [0.717, 1.165) is 0 Å². The van der Waals surface area contributed by atoms with E-state index in [2.05, 4.69) is 20.9 Å². The minimum absolute atomic E-state index is 0.0115. The van der Waals surface area contributed by atoms with Crippen LogP contribution in [0.1, 0.15) is 5.82 Å². The van der Waals surface area contributed by atoms with Crippen LogP contribution in [0, 0.1) is 0 Å². The first-order chi connectivity index (χ1) is 6.50. The van der Waals surface area contributed by atoms with Crippen LogP contribution in [0.3, 0.4) is 0 Å². The number of ether oxygens (including phenoxy) is 1. The molecule has 0 N–H and O–H groups in total. The molecule has 0 amide bonds. The predicted molar refractivity (Wildman–Crippen MR) is 52.6 cm³/mol. The lowest BCUT2D eigenvalue weighted by Gasteiger charge is -2.15. The third-order valence-corrected chi connectivity index (χ3v) is 4.01. The summed E-state index contributed by atoms with van der Waals surface area (Å²) in [6.45, 7) is 1.23. The van der Waals surface area contributed by atoms with Crippen molar-refractivity contribution >= 4 is 35.7 Å². The number of hydrogen-bond donors (Lipinski definition) is 0. The van der Waals surface area contributed by atoms with Crippen LogP contribution in [0.25, 0.3) is 0 Å². The molecule has 0 atom stereocenters. The number of nitrogens with zero attached hydrogens (tertiary/aromatic N) is 2. The molecular weight excluding hydrogens is 296 g/mol. The fraction of sp³-hybridized carbons (Fsp3) is 0.500. The van der Waals surface area contributed by atoms with Crippen molar-refractivity contribution in [2.45, 2.75) is 18.2 Å². The zero-order valence-electron chi connectivity index (χ0n) is 6.90. The number of imidazole rings is 1. The molecule has 0 bridgehead atoms. The topological polar surface area (TPSA) is 61.2 Å². The maximum atomic E-state index is 11.2. The number of fused-ring (bicyclic) bond motifs is 1. The molecule has 0 aliphatic carbocycles. The van der Waals surface area contributed by atoms with Crippen molar-refractivity contribution in [1.82, 2.24) is 9.55 Å². The normalized spacial score (nSPS) is 16.7. The molecule has 8 heteroatoms. The van der Waals surface area contributed by atoms with E-state index < -0.39 is 9.05 Å². The molecule has 2 heterocycles. The summed E-state index contributed by atoms with van der Waals surface area (Å²) in [6.07, 6.45) is 0. The van der Waals surface area contributed by atoms with Gasteiger partial charge in [0.2, 0.25) is 0 Å². The van der Waals surface area contributed by atoms with E-state index in [1.165, 1.54) is 0 Å². The van der Waals surface area contributed by atoms with Gasteiger partial charge in [-0.2, -0.15) is 0 Å². The summed E-state index contributed by atoms with van der Waals surface area (Å²) in [4.78, 5) is 4.01. The Morgan fingerprint density at radius 3 is 2.93 bits per heavy atom. The Balaban J connectivity index is 2.65. The molecule has 78 valence electrons. The number of hydrogen-bond acceptors (Lipinski definition) is 4. The van der Waals surface area contributed by atoms with Gasteiger partial charge < -0.3 is 9.30 Å². The summed E-state index contributed by atoms with van der Waals surface area (Å²) >= 11 is 3.06. The molecule has 14 heavy (non-hydrogen) atoms. The Morgan fingerprint density at radius 2 is 2.29 bits per heavy atom. The molecule has 0 aromatic carbocycles. The molecular formula is C6H6BrClN2O3S. The third-order valence-electron chi connectivity index (χ3n) is 1.88. The minimum Gasteiger partial charge on any atom is -0.372 e. The van der Waals surface area contributed by atoms with E-state index in [4.69, 9.17) is 15.4 Å². The SMILES string of the molecule is O=S(=O)(Cl)c1c(Br)nc2n1CCOC2. The van der Waals surface area contributed by atoms with Gasteiger partial charge in [0.1, 0.15) is 17.0 Å². The van der Waals surface area contributed by atoms with Crippen molar-refractivity contribution in [3.05, 3.63) is 10.4 Å². The Hall–Kier alpha value is -0.110. The highest BCUT2D eigenvalue weighted by Crippen LogP contribution is 2.27. The Morgan fingerprint density at radius 1 is 1.57 bits per heavy atom. The first-order valence-electron chi connectivity index (χ1n) is 3.77. The van der Waals surface area contributed by atoms with Crippen molar-refractivity contribution < 1.29 is 13.2 Å². The summed E-state index contributed by atoms with van der Waals surface area (Å²) in [7, 11) is 1.52. The van der Waals surface area contributed by atoms with Crippen LogP contribution >= 0.6 is 26.6 Å². The number of rotatable bonds is 1. The molecule has 1 aromatic heterocycles. The summed E-state index contributed by atoms with van der Waals surface area (Å²) in [5.74, 6) is 0.572. The lowest BCUT2D eigenvalue weighted by atomic mass is 10.5. The minimum atomic E-state index is -3.76. The van der Waals surface area contributed by atoms with E-state index in [1.54, 1.807) is 4.57 Å². The van der Waals surface area contributed by atoms with Crippen molar-refractivity contribution in [3.8, 4) is 0 Å². The van der Waals surface area contributed by atoms with Gasteiger partial charge in [0.15, 0.2) is 5.03 Å². The van der Waals surface area contributed by atoms with E-state index >= 15 is 0 Å². The highest BCUT2D eigenvalue weighted by atomic mass is 79.9. The largest absolute Gasteiger partial charge is 0.372 e. The third kappa shape index (κ3) is 1.69.